The van der Waals surface area contributed by atoms with Crippen LogP contribution in [0.4, 0.5) is 4.79 Å². The summed E-state index contributed by atoms with van der Waals surface area (Å²) in [5.74, 6) is 0.768. The van der Waals surface area contributed by atoms with Gasteiger partial charge in [0.1, 0.15) is 12.7 Å². The molecule has 1 amide bonds. The number of hydrogen-bond acceptors (Lipinski definition) is 18. The van der Waals surface area contributed by atoms with Gasteiger partial charge >= 0.3 is 12.1 Å². The van der Waals surface area contributed by atoms with Gasteiger partial charge in [-0.3, -0.25) is 4.79 Å². The molecular formula is C35H57N5O15. The van der Waals surface area contributed by atoms with Gasteiger partial charge in [-0.25, -0.2) is 4.79 Å². The van der Waals surface area contributed by atoms with Crippen molar-refractivity contribution in [3.8, 4) is 0 Å². The molecule has 0 bridgehead atoms. The van der Waals surface area contributed by atoms with Crippen molar-refractivity contribution in [3.05, 3.63) is 23.8 Å². The van der Waals surface area contributed by atoms with Crippen molar-refractivity contribution in [1.82, 2.24) is 25.7 Å². The van der Waals surface area contributed by atoms with Crippen LogP contribution in [-0.4, -0.2) is 182 Å². The number of allylic oxidation sites excluding steroid dienone is 2. The van der Waals surface area contributed by atoms with Gasteiger partial charge in [-0.1, -0.05) is 0 Å². The Kier molecular flexibility index (Phi) is 26.3. The van der Waals surface area contributed by atoms with Gasteiger partial charge in [0.2, 0.25) is 11.6 Å². The van der Waals surface area contributed by atoms with Crippen molar-refractivity contribution >= 4 is 23.6 Å². The number of aromatic nitrogens is 4. The summed E-state index contributed by atoms with van der Waals surface area (Å²) in [5, 5.41) is 27.6. The maximum absolute atomic E-state index is 12.1. The number of nitrogens with one attached hydrogen (secondary N) is 1. The lowest BCUT2D eigenvalue weighted by molar-refractivity contribution is -0.138. The van der Waals surface area contributed by atoms with Gasteiger partial charge in [0, 0.05) is 6.54 Å². The first kappa shape index (κ1) is 45.8. The Hall–Kier alpha value is -3.60. The number of hydrogen-bond donors (Lipinski definition) is 2. The van der Waals surface area contributed by atoms with E-state index in [4.69, 9.17) is 61.9 Å². The molecule has 312 valence electrons. The monoisotopic (exact) mass is 787 g/mol. The molecule has 0 spiro atoms. The fraction of sp³-hybridized carbons (Fsp3) is 0.771. The Bertz CT molecular complexity index is 1210. The number of alkyl carbamates (subject to hydrolysis) is 1. The molecule has 0 aliphatic carbocycles. The molecule has 20 nitrogen and oxygen atoms in total. The number of carboxylic acids is 1. The van der Waals surface area contributed by atoms with Crippen LogP contribution < -0.4 is 5.32 Å². The Labute approximate surface area is 321 Å². The minimum Gasteiger partial charge on any atom is -0.490 e. The number of nitrogens with zero attached hydrogens (tertiary/aromatic N) is 4. The van der Waals surface area contributed by atoms with E-state index in [1.54, 1.807) is 0 Å². The molecule has 0 saturated heterocycles. The maximum Gasteiger partial charge on any atom is 0.407 e. The van der Waals surface area contributed by atoms with Crippen LogP contribution in [0.15, 0.2) is 12.2 Å². The van der Waals surface area contributed by atoms with E-state index >= 15 is 0 Å². The molecule has 55 heavy (non-hydrogen) atoms. The molecule has 0 fully saturated rings. The van der Waals surface area contributed by atoms with Crippen LogP contribution in [0, 0.1) is 0 Å². The summed E-state index contributed by atoms with van der Waals surface area (Å²) in [4.78, 5) is 22.4. The van der Waals surface area contributed by atoms with Crippen LogP contribution in [0.1, 0.15) is 43.8 Å². The summed E-state index contributed by atoms with van der Waals surface area (Å²) >= 11 is 0. The van der Waals surface area contributed by atoms with Gasteiger partial charge in [0.05, 0.1) is 132 Å². The number of ether oxygens (including phenoxy) is 12. The standard InChI is InChI=1S/C35H57N5O15/c41-32(42)7-10-44-12-14-46-16-18-48-20-22-50-24-26-52-27-25-51-23-21-49-19-17-47-15-13-45-11-8-36-35(43)54-28-29-4-3-6-31(55-29)34-39-37-33(38-40-34)30-5-1-2-9-53-30/h5-6,29H,1-4,7-28H2,(H,36,43)(H,41,42). The zero-order valence-corrected chi connectivity index (χ0v) is 31.6. The molecule has 1 unspecified atom stereocenters. The fourth-order valence-corrected chi connectivity index (χ4v) is 4.55. The number of aliphatic carboxylic acids is 1. The fourth-order valence-electron chi connectivity index (χ4n) is 4.55. The highest BCUT2D eigenvalue weighted by Gasteiger charge is 2.22. The van der Waals surface area contributed by atoms with Gasteiger partial charge in [-0.2, -0.15) is 0 Å². The van der Waals surface area contributed by atoms with Gasteiger partial charge in [-0.15, -0.1) is 20.4 Å². The normalized spacial score (nSPS) is 15.5. The van der Waals surface area contributed by atoms with E-state index in [0.29, 0.717) is 156 Å². The van der Waals surface area contributed by atoms with E-state index in [1.807, 2.05) is 12.2 Å². The van der Waals surface area contributed by atoms with Crippen LogP contribution in [0.2, 0.25) is 0 Å². The molecule has 1 atom stereocenters. The molecule has 3 heterocycles. The third kappa shape index (κ3) is 23.8. The van der Waals surface area contributed by atoms with E-state index in [-0.39, 0.29) is 31.6 Å². The number of amides is 1. The van der Waals surface area contributed by atoms with Crippen molar-refractivity contribution in [2.24, 2.45) is 0 Å². The summed E-state index contributed by atoms with van der Waals surface area (Å²) in [7, 11) is 0. The Balaban J connectivity index is 0.986. The summed E-state index contributed by atoms with van der Waals surface area (Å²) in [6.45, 7) is 8.45. The van der Waals surface area contributed by atoms with Crippen LogP contribution in [0.3, 0.4) is 0 Å². The second kappa shape index (κ2) is 31.6. The Morgan fingerprint density at radius 3 is 1.51 bits per heavy atom. The first-order chi connectivity index (χ1) is 27.1. The average molecular weight is 788 g/mol. The molecule has 2 aliphatic rings. The maximum atomic E-state index is 12.1. The second-order valence-corrected chi connectivity index (χ2v) is 11.7. The lowest BCUT2D eigenvalue weighted by Crippen LogP contribution is -2.32. The molecule has 0 saturated carbocycles. The molecule has 2 N–H and O–H groups in total. The van der Waals surface area contributed by atoms with Crippen LogP contribution >= 0.6 is 0 Å². The van der Waals surface area contributed by atoms with E-state index < -0.39 is 12.1 Å². The van der Waals surface area contributed by atoms with Gasteiger partial charge in [-0.05, 0) is 37.8 Å². The number of carbonyl (C=O) groups is 2. The minimum atomic E-state index is -0.882. The van der Waals surface area contributed by atoms with E-state index in [9.17, 15) is 9.59 Å². The molecule has 20 heteroatoms. The van der Waals surface area contributed by atoms with Crippen molar-refractivity contribution in [2.45, 2.75) is 38.2 Å². The molecule has 2 aliphatic heterocycles. The first-order valence-corrected chi connectivity index (χ1v) is 18.7. The van der Waals surface area contributed by atoms with Crippen LogP contribution in [-0.2, 0) is 61.6 Å². The van der Waals surface area contributed by atoms with Crippen LogP contribution in [0.5, 0.6) is 0 Å². The van der Waals surface area contributed by atoms with E-state index in [2.05, 4.69) is 25.7 Å². The lowest BCUT2D eigenvalue weighted by atomic mass is 10.1. The second-order valence-electron chi connectivity index (χ2n) is 11.7. The van der Waals surface area contributed by atoms with Crippen molar-refractivity contribution in [1.29, 1.82) is 0 Å². The summed E-state index contributed by atoms with van der Waals surface area (Å²) in [6, 6.07) is 0. The predicted octanol–water partition coefficient (Wildman–Crippen LogP) is 1.29. The number of rotatable bonds is 34. The first-order valence-electron chi connectivity index (χ1n) is 18.7. The molecule has 0 radical (unpaired) electrons. The third-order valence-electron chi connectivity index (χ3n) is 7.32. The lowest BCUT2D eigenvalue weighted by Gasteiger charge is -2.23. The van der Waals surface area contributed by atoms with E-state index in [0.717, 1.165) is 12.8 Å². The molecule has 0 aromatic carbocycles. The average Bonchev–Trinajstić information content (AvgIpc) is 3.21. The quantitative estimate of drug-likeness (QED) is 0.0938. The largest absolute Gasteiger partial charge is 0.490 e. The number of carbonyl (C=O) groups excluding carboxylic acids is 1. The topological polar surface area (TPSA) is 229 Å². The van der Waals surface area contributed by atoms with Gasteiger partial charge in [0.25, 0.3) is 0 Å². The highest BCUT2D eigenvalue weighted by molar-refractivity contribution is 5.67. The highest BCUT2D eigenvalue weighted by atomic mass is 16.6. The zero-order chi connectivity index (χ0) is 38.9. The van der Waals surface area contributed by atoms with Crippen molar-refractivity contribution < 1.29 is 71.5 Å². The Morgan fingerprint density at radius 2 is 1.05 bits per heavy atom. The Morgan fingerprint density at radius 1 is 0.618 bits per heavy atom. The summed E-state index contributed by atoms with van der Waals surface area (Å²) in [5.41, 5.74) is 0. The smallest absolute Gasteiger partial charge is 0.407 e. The zero-order valence-electron chi connectivity index (χ0n) is 31.6. The van der Waals surface area contributed by atoms with E-state index in [1.165, 1.54) is 0 Å². The van der Waals surface area contributed by atoms with Crippen molar-refractivity contribution in [3.63, 3.8) is 0 Å². The molecular weight excluding hydrogens is 730 g/mol. The summed E-state index contributed by atoms with van der Waals surface area (Å²) < 4.78 is 65.4. The predicted molar refractivity (Wildman–Crippen MR) is 192 cm³/mol. The SMILES string of the molecule is O=C(O)CCOCCOCCOCCOCCOCCOCCOCCOCCOCCNC(=O)OCC1CCC=C(c2nnc(C3=CCCCO3)nn2)O1. The minimum absolute atomic E-state index is 0.0113. The van der Waals surface area contributed by atoms with Gasteiger partial charge < -0.3 is 67.3 Å². The number of carboxylic acid groups (broad SMARTS) is 1. The van der Waals surface area contributed by atoms with Crippen molar-refractivity contribution in [2.75, 3.05) is 139 Å². The van der Waals surface area contributed by atoms with Crippen LogP contribution in [0.25, 0.3) is 11.5 Å². The highest BCUT2D eigenvalue weighted by Crippen LogP contribution is 2.23. The van der Waals surface area contributed by atoms with Gasteiger partial charge in [0.15, 0.2) is 11.5 Å². The third-order valence-corrected chi connectivity index (χ3v) is 7.32. The molecule has 1 aromatic rings. The summed E-state index contributed by atoms with van der Waals surface area (Å²) in [6.07, 6.45) is 6.15. The molecule has 3 rings (SSSR count). The molecule has 1 aromatic heterocycles.